The predicted molar refractivity (Wildman–Crippen MR) is 57.5 cm³/mol. The van der Waals surface area contributed by atoms with E-state index in [1.807, 2.05) is 0 Å². The monoisotopic (exact) mass is 212 g/mol. The molecule has 1 atom stereocenters. The van der Waals surface area contributed by atoms with Crippen molar-refractivity contribution in [2.24, 2.45) is 5.73 Å². The second-order valence-corrected chi connectivity index (χ2v) is 3.21. The van der Waals surface area contributed by atoms with Gasteiger partial charge in [0.15, 0.2) is 0 Å². The topological polar surface area (TPSA) is 48.1 Å². The molecule has 0 amide bonds. The van der Waals surface area contributed by atoms with E-state index in [0.717, 1.165) is 5.56 Å². The van der Waals surface area contributed by atoms with Crippen LogP contribution in [0.3, 0.4) is 0 Å². The predicted octanol–water partition coefficient (Wildman–Crippen LogP) is 2.32. The van der Waals surface area contributed by atoms with Crippen LogP contribution >= 0.6 is 11.6 Å². The van der Waals surface area contributed by atoms with Gasteiger partial charge in [-0.1, -0.05) is 17.7 Å². The van der Waals surface area contributed by atoms with Crippen molar-refractivity contribution in [1.29, 1.82) is 0 Å². The molecule has 1 heterocycles. The molecule has 0 aliphatic heterocycles. The highest BCUT2D eigenvalue weighted by molar-refractivity contribution is 6.30. The summed E-state index contributed by atoms with van der Waals surface area (Å²) in [5.74, 6) is 0.666. The Morgan fingerprint density at radius 2 is 2.50 bits per heavy atom. The summed E-state index contributed by atoms with van der Waals surface area (Å²) in [5.41, 5.74) is 6.64. The second kappa shape index (κ2) is 4.98. The van der Waals surface area contributed by atoms with Crippen LogP contribution in [0, 0.1) is 0 Å². The average molecular weight is 213 g/mol. The maximum Gasteiger partial charge on any atom is 0.137 e. The van der Waals surface area contributed by atoms with Gasteiger partial charge in [0.1, 0.15) is 10.9 Å². The molecule has 0 aliphatic rings. The highest BCUT2D eigenvalue weighted by atomic mass is 35.5. The molecular formula is C10H13ClN2O. The number of ether oxygens (including phenoxy) is 1. The van der Waals surface area contributed by atoms with Crippen molar-refractivity contribution >= 4 is 11.6 Å². The van der Waals surface area contributed by atoms with Crippen LogP contribution in [0.1, 0.15) is 18.0 Å². The van der Waals surface area contributed by atoms with Gasteiger partial charge in [0.2, 0.25) is 0 Å². The van der Waals surface area contributed by atoms with Crippen LogP contribution in [0.2, 0.25) is 5.15 Å². The molecule has 0 fully saturated rings. The van der Waals surface area contributed by atoms with Gasteiger partial charge in [-0.25, -0.2) is 4.98 Å². The number of aromatic nitrogens is 1. The van der Waals surface area contributed by atoms with E-state index in [1.165, 1.54) is 0 Å². The number of nitrogens with zero attached hydrogens (tertiary/aromatic N) is 1. The van der Waals surface area contributed by atoms with E-state index in [2.05, 4.69) is 11.6 Å². The summed E-state index contributed by atoms with van der Waals surface area (Å²) < 4.78 is 5.15. The third-order valence-corrected chi connectivity index (χ3v) is 2.21. The summed E-state index contributed by atoms with van der Waals surface area (Å²) in [5, 5.41) is 0.388. The number of rotatable bonds is 4. The molecule has 0 radical (unpaired) electrons. The molecule has 3 nitrogen and oxygen atoms in total. The second-order valence-electron chi connectivity index (χ2n) is 2.85. The fraction of sp³-hybridized carbons (Fsp3) is 0.300. The molecule has 0 saturated heterocycles. The number of nitrogens with two attached hydrogens (primary N) is 1. The Labute approximate surface area is 88.5 Å². The zero-order valence-electron chi connectivity index (χ0n) is 8.03. The van der Waals surface area contributed by atoms with Gasteiger partial charge < -0.3 is 10.5 Å². The summed E-state index contributed by atoms with van der Waals surface area (Å²) in [6.45, 7) is 3.63. The van der Waals surface area contributed by atoms with E-state index >= 15 is 0 Å². The summed E-state index contributed by atoms with van der Waals surface area (Å²) in [4.78, 5) is 3.96. The zero-order chi connectivity index (χ0) is 10.6. The Hall–Kier alpha value is -1.06. The first kappa shape index (κ1) is 11.0. The van der Waals surface area contributed by atoms with Crippen molar-refractivity contribution in [1.82, 2.24) is 4.98 Å². The molecular weight excluding hydrogens is 200 g/mol. The summed E-state index contributed by atoms with van der Waals surface area (Å²) in [7, 11) is 1.58. The Bertz CT molecular complexity index is 328. The minimum absolute atomic E-state index is 0.219. The fourth-order valence-electron chi connectivity index (χ4n) is 1.24. The number of pyridine rings is 1. The first-order valence-corrected chi connectivity index (χ1v) is 4.63. The summed E-state index contributed by atoms with van der Waals surface area (Å²) in [6, 6.07) is 1.52. The number of hydrogen-bond acceptors (Lipinski definition) is 3. The van der Waals surface area contributed by atoms with Gasteiger partial charge in [0.25, 0.3) is 0 Å². The highest BCUT2D eigenvalue weighted by Crippen LogP contribution is 2.30. The molecule has 14 heavy (non-hydrogen) atoms. The van der Waals surface area contributed by atoms with E-state index in [9.17, 15) is 0 Å². The number of halogens is 1. The third-order valence-electron chi connectivity index (χ3n) is 1.91. The third kappa shape index (κ3) is 2.25. The first-order chi connectivity index (χ1) is 6.70. The van der Waals surface area contributed by atoms with Gasteiger partial charge in [-0.05, 0) is 12.5 Å². The lowest BCUT2D eigenvalue weighted by Crippen LogP contribution is -2.11. The van der Waals surface area contributed by atoms with Crippen LogP contribution in [-0.2, 0) is 0 Å². The molecule has 1 aromatic heterocycles. The van der Waals surface area contributed by atoms with Crippen molar-refractivity contribution in [2.45, 2.75) is 12.5 Å². The molecule has 0 bridgehead atoms. The van der Waals surface area contributed by atoms with Crippen LogP contribution in [-0.4, -0.2) is 12.1 Å². The van der Waals surface area contributed by atoms with E-state index in [4.69, 9.17) is 22.1 Å². The summed E-state index contributed by atoms with van der Waals surface area (Å²) in [6.07, 6.45) is 3.97. The lowest BCUT2D eigenvalue weighted by atomic mass is 10.1. The molecule has 0 aliphatic carbocycles. The fourth-order valence-corrected chi connectivity index (χ4v) is 1.53. The van der Waals surface area contributed by atoms with Gasteiger partial charge in [0, 0.05) is 17.8 Å². The molecule has 1 aromatic rings. The van der Waals surface area contributed by atoms with Crippen LogP contribution in [0.5, 0.6) is 5.75 Å². The molecule has 1 rings (SSSR count). The quantitative estimate of drug-likeness (QED) is 0.616. The number of methoxy groups -OCH3 is 1. The molecule has 0 saturated carbocycles. The van der Waals surface area contributed by atoms with Gasteiger partial charge in [-0.15, -0.1) is 6.58 Å². The smallest absolute Gasteiger partial charge is 0.137 e. The van der Waals surface area contributed by atoms with E-state index in [-0.39, 0.29) is 6.04 Å². The SMILES string of the molecule is C=CCC(N)c1c(OC)ccnc1Cl. The van der Waals surface area contributed by atoms with Crippen LogP contribution in [0.25, 0.3) is 0 Å². The van der Waals surface area contributed by atoms with Gasteiger partial charge in [-0.3, -0.25) is 0 Å². The van der Waals surface area contributed by atoms with Crippen molar-refractivity contribution in [3.63, 3.8) is 0 Å². The minimum Gasteiger partial charge on any atom is -0.496 e. The largest absolute Gasteiger partial charge is 0.496 e. The maximum absolute atomic E-state index is 5.93. The van der Waals surface area contributed by atoms with Crippen LogP contribution < -0.4 is 10.5 Å². The van der Waals surface area contributed by atoms with Gasteiger partial charge in [0.05, 0.1) is 7.11 Å². The average Bonchev–Trinajstić information content (AvgIpc) is 2.17. The lowest BCUT2D eigenvalue weighted by molar-refractivity contribution is 0.405. The van der Waals surface area contributed by atoms with Crippen molar-refractivity contribution in [3.8, 4) is 5.75 Å². The molecule has 2 N–H and O–H groups in total. The molecule has 0 spiro atoms. The van der Waals surface area contributed by atoms with Gasteiger partial charge in [-0.2, -0.15) is 0 Å². The first-order valence-electron chi connectivity index (χ1n) is 4.25. The summed E-state index contributed by atoms with van der Waals surface area (Å²) >= 11 is 5.93. The van der Waals surface area contributed by atoms with Crippen molar-refractivity contribution < 1.29 is 4.74 Å². The molecule has 1 unspecified atom stereocenters. The molecule has 0 aromatic carbocycles. The van der Waals surface area contributed by atoms with E-state index in [0.29, 0.717) is 17.3 Å². The molecule has 76 valence electrons. The Kier molecular flexibility index (Phi) is 3.92. The molecule has 4 heteroatoms. The van der Waals surface area contributed by atoms with Gasteiger partial charge >= 0.3 is 0 Å². The minimum atomic E-state index is -0.219. The lowest BCUT2D eigenvalue weighted by Gasteiger charge is -2.14. The van der Waals surface area contributed by atoms with Crippen molar-refractivity contribution in [3.05, 3.63) is 35.6 Å². The Balaban J connectivity index is 3.09. The highest BCUT2D eigenvalue weighted by Gasteiger charge is 2.15. The number of hydrogen-bond donors (Lipinski definition) is 1. The zero-order valence-corrected chi connectivity index (χ0v) is 8.79. The Morgan fingerprint density at radius 3 is 3.07 bits per heavy atom. The normalized spacial score (nSPS) is 12.2. The van der Waals surface area contributed by atoms with Crippen molar-refractivity contribution in [2.75, 3.05) is 7.11 Å². The Morgan fingerprint density at radius 1 is 1.79 bits per heavy atom. The van der Waals surface area contributed by atoms with Crippen LogP contribution in [0.15, 0.2) is 24.9 Å². The maximum atomic E-state index is 5.93. The standard InChI is InChI=1S/C10H13ClN2O/c1-3-4-7(12)9-8(14-2)5-6-13-10(9)11/h3,5-7H,1,4,12H2,2H3. The van der Waals surface area contributed by atoms with Crippen LogP contribution in [0.4, 0.5) is 0 Å². The van der Waals surface area contributed by atoms with E-state index in [1.54, 1.807) is 25.4 Å². The van der Waals surface area contributed by atoms with E-state index < -0.39 is 0 Å².